The minimum absolute atomic E-state index is 0.896. The second-order valence-electron chi connectivity index (χ2n) is 14.4. The third-order valence-corrected chi connectivity index (χ3v) is 11.8. The lowest BCUT2D eigenvalue weighted by atomic mass is 10.0. The average Bonchev–Trinajstić information content (AvgIpc) is 3.95. The number of furan rings is 1. The zero-order valence-electron chi connectivity index (χ0n) is 28.5. The molecule has 244 valence electrons. The van der Waals surface area contributed by atoms with Gasteiger partial charge in [0.2, 0.25) is 0 Å². The summed E-state index contributed by atoms with van der Waals surface area (Å²) in [4.78, 5) is 0. The number of hydrogen-bond donors (Lipinski definition) is 0. The highest BCUT2D eigenvalue weighted by Gasteiger charge is 2.27. The summed E-state index contributed by atoms with van der Waals surface area (Å²) in [6, 6.07) is 62.3. The van der Waals surface area contributed by atoms with E-state index in [1.54, 1.807) is 0 Å². The summed E-state index contributed by atoms with van der Waals surface area (Å²) >= 11 is 0. The van der Waals surface area contributed by atoms with Crippen LogP contribution in [0.15, 0.2) is 174 Å². The molecule has 53 heavy (non-hydrogen) atoms. The summed E-state index contributed by atoms with van der Waals surface area (Å²) < 4.78 is 11.6. The third kappa shape index (κ3) is 3.44. The van der Waals surface area contributed by atoms with Crippen molar-refractivity contribution in [2.75, 3.05) is 0 Å². The Labute approximate surface area is 303 Å². The van der Waals surface area contributed by atoms with Gasteiger partial charge in [0.25, 0.3) is 0 Å². The largest absolute Gasteiger partial charge is 0.456 e. The monoisotopic (exact) mass is 672 g/mol. The number of hydrogen-bond acceptors (Lipinski definition) is 1. The number of rotatable bonds is 2. The number of aromatic nitrogens is 2. The van der Waals surface area contributed by atoms with Crippen LogP contribution in [0.3, 0.4) is 0 Å². The van der Waals surface area contributed by atoms with Gasteiger partial charge in [0.15, 0.2) is 0 Å². The maximum atomic E-state index is 6.58. The Balaban J connectivity index is 1.26. The van der Waals surface area contributed by atoms with E-state index in [4.69, 9.17) is 4.42 Å². The molecule has 0 saturated heterocycles. The van der Waals surface area contributed by atoms with Crippen LogP contribution in [0.2, 0.25) is 0 Å². The van der Waals surface area contributed by atoms with E-state index in [1.165, 1.54) is 93.1 Å². The molecule has 0 N–H and O–H groups in total. The Kier molecular flexibility index (Phi) is 5.11. The Bertz CT molecular complexity index is 3540. The SMILES string of the molecule is c1ccc2c(c1)-c1cccc3c(-n4c5ccc6c7ccccc7n(-c7ccc8ccccc8c7)c6c5c5ccc6oc7ccccc7c6c54)ccc-2c13. The van der Waals surface area contributed by atoms with Crippen LogP contribution < -0.4 is 0 Å². The van der Waals surface area contributed by atoms with E-state index in [2.05, 4.69) is 179 Å². The van der Waals surface area contributed by atoms with Crippen LogP contribution >= 0.6 is 0 Å². The Morgan fingerprint density at radius 3 is 1.94 bits per heavy atom. The van der Waals surface area contributed by atoms with Crippen molar-refractivity contribution in [1.82, 2.24) is 9.13 Å². The molecule has 9 aromatic carbocycles. The minimum atomic E-state index is 0.896. The van der Waals surface area contributed by atoms with Gasteiger partial charge in [0.05, 0.1) is 33.1 Å². The standard InChI is InChI=1S/C50H28N2O/c1-2-11-30-28-31(21-20-29(30)10-1)51-41-18-7-5-14-34(41)37-23-26-43-47(49(37)51)40-24-27-45-48(39-15-6-8-19-44(39)53-45)50(40)52(43)42-25-22-36-33-13-4-3-12-32(33)35-16-9-17-38(42)46(35)36/h1-28H. The van der Waals surface area contributed by atoms with Crippen LogP contribution in [-0.4, -0.2) is 9.13 Å². The van der Waals surface area contributed by atoms with Gasteiger partial charge in [-0.15, -0.1) is 0 Å². The van der Waals surface area contributed by atoms with Crippen molar-refractivity contribution >= 4 is 87.1 Å². The number of nitrogens with zero attached hydrogens (tertiary/aromatic N) is 2. The molecule has 0 radical (unpaired) electrons. The van der Waals surface area contributed by atoms with Gasteiger partial charge in [-0.1, -0.05) is 121 Å². The quantitative estimate of drug-likeness (QED) is 0.179. The zero-order valence-corrected chi connectivity index (χ0v) is 28.5. The van der Waals surface area contributed by atoms with Crippen molar-refractivity contribution in [2.45, 2.75) is 0 Å². The molecule has 12 aromatic rings. The lowest BCUT2D eigenvalue weighted by Gasteiger charge is -2.14. The van der Waals surface area contributed by atoms with Gasteiger partial charge in [0, 0.05) is 38.0 Å². The van der Waals surface area contributed by atoms with E-state index in [1.807, 2.05) is 0 Å². The lowest BCUT2D eigenvalue weighted by Crippen LogP contribution is -1.97. The molecule has 13 rings (SSSR count). The highest BCUT2D eigenvalue weighted by Crippen LogP contribution is 2.51. The molecular formula is C50H28N2O. The van der Waals surface area contributed by atoms with Crippen LogP contribution in [0.1, 0.15) is 0 Å². The maximum absolute atomic E-state index is 6.58. The van der Waals surface area contributed by atoms with E-state index in [-0.39, 0.29) is 0 Å². The van der Waals surface area contributed by atoms with Crippen molar-refractivity contribution < 1.29 is 4.42 Å². The molecule has 3 heteroatoms. The molecule has 0 amide bonds. The third-order valence-electron chi connectivity index (χ3n) is 11.8. The first-order valence-corrected chi connectivity index (χ1v) is 18.3. The summed E-state index contributed by atoms with van der Waals surface area (Å²) in [5.41, 5.74) is 14.1. The molecule has 0 spiro atoms. The molecule has 0 atom stereocenters. The van der Waals surface area contributed by atoms with Gasteiger partial charge in [0.1, 0.15) is 11.2 Å². The summed E-state index contributed by atoms with van der Waals surface area (Å²) in [5.74, 6) is 0. The van der Waals surface area contributed by atoms with Gasteiger partial charge >= 0.3 is 0 Å². The highest BCUT2D eigenvalue weighted by molar-refractivity contribution is 6.32. The minimum Gasteiger partial charge on any atom is -0.456 e. The zero-order chi connectivity index (χ0) is 34.4. The number of benzene rings is 9. The molecule has 0 aliphatic heterocycles. The van der Waals surface area contributed by atoms with E-state index >= 15 is 0 Å². The van der Waals surface area contributed by atoms with Crippen molar-refractivity contribution in [1.29, 1.82) is 0 Å². The fourth-order valence-electron chi connectivity index (χ4n) is 9.67. The molecule has 3 nitrogen and oxygen atoms in total. The second-order valence-corrected chi connectivity index (χ2v) is 14.4. The van der Waals surface area contributed by atoms with Crippen molar-refractivity contribution in [3.63, 3.8) is 0 Å². The molecule has 0 bridgehead atoms. The normalized spacial score (nSPS) is 12.5. The summed E-state index contributed by atoms with van der Waals surface area (Å²) in [6.45, 7) is 0. The van der Waals surface area contributed by atoms with E-state index in [0.717, 1.165) is 27.6 Å². The smallest absolute Gasteiger partial charge is 0.137 e. The molecule has 0 saturated carbocycles. The van der Waals surface area contributed by atoms with Gasteiger partial charge < -0.3 is 13.6 Å². The molecule has 3 heterocycles. The Morgan fingerprint density at radius 1 is 0.340 bits per heavy atom. The number of para-hydroxylation sites is 2. The first-order valence-electron chi connectivity index (χ1n) is 18.3. The maximum Gasteiger partial charge on any atom is 0.137 e. The molecule has 0 fully saturated rings. The lowest BCUT2D eigenvalue weighted by molar-refractivity contribution is 0.669. The van der Waals surface area contributed by atoms with Gasteiger partial charge in [-0.3, -0.25) is 0 Å². The van der Waals surface area contributed by atoms with E-state index < -0.39 is 0 Å². The van der Waals surface area contributed by atoms with Crippen LogP contribution in [-0.2, 0) is 0 Å². The predicted octanol–water partition coefficient (Wildman–Crippen LogP) is 13.7. The first-order chi connectivity index (χ1) is 26.3. The Morgan fingerprint density at radius 2 is 1.04 bits per heavy atom. The van der Waals surface area contributed by atoms with Crippen LogP contribution in [0.4, 0.5) is 0 Å². The van der Waals surface area contributed by atoms with Gasteiger partial charge in [-0.2, -0.15) is 0 Å². The summed E-state index contributed by atoms with van der Waals surface area (Å²) in [6.07, 6.45) is 0. The molecule has 3 aromatic heterocycles. The van der Waals surface area contributed by atoms with Crippen molar-refractivity contribution in [3.05, 3.63) is 170 Å². The Hall–Kier alpha value is -7.10. The van der Waals surface area contributed by atoms with Crippen LogP contribution in [0, 0.1) is 0 Å². The van der Waals surface area contributed by atoms with Crippen molar-refractivity contribution in [2.24, 2.45) is 0 Å². The van der Waals surface area contributed by atoms with Gasteiger partial charge in [-0.25, -0.2) is 0 Å². The predicted molar refractivity (Wildman–Crippen MR) is 222 cm³/mol. The fourth-order valence-corrected chi connectivity index (χ4v) is 9.67. The second kappa shape index (κ2) is 9.81. The van der Waals surface area contributed by atoms with Crippen LogP contribution in [0.25, 0.3) is 121 Å². The first kappa shape index (κ1) is 27.6. The fraction of sp³-hybridized carbons (Fsp3) is 0. The van der Waals surface area contributed by atoms with E-state index in [9.17, 15) is 0 Å². The molecule has 1 aliphatic carbocycles. The molecule has 1 aliphatic rings. The summed E-state index contributed by atoms with van der Waals surface area (Å²) in [5, 5.41) is 12.2. The average molecular weight is 673 g/mol. The molecular weight excluding hydrogens is 645 g/mol. The summed E-state index contributed by atoms with van der Waals surface area (Å²) in [7, 11) is 0. The van der Waals surface area contributed by atoms with Crippen molar-refractivity contribution in [3.8, 4) is 33.6 Å². The molecule has 0 unspecified atom stereocenters. The van der Waals surface area contributed by atoms with Gasteiger partial charge in [-0.05, 0) is 86.9 Å². The highest BCUT2D eigenvalue weighted by atomic mass is 16.3. The number of fused-ring (bicyclic) bond motifs is 15. The van der Waals surface area contributed by atoms with Crippen LogP contribution in [0.5, 0.6) is 0 Å². The van der Waals surface area contributed by atoms with E-state index in [0.29, 0.717) is 0 Å². The topological polar surface area (TPSA) is 23.0 Å².